The highest BCUT2D eigenvalue weighted by atomic mass is 32.2. The summed E-state index contributed by atoms with van der Waals surface area (Å²) in [5.41, 5.74) is 0.623. The first-order valence-electron chi connectivity index (χ1n) is 9.20. The van der Waals surface area contributed by atoms with Gasteiger partial charge in [-0.1, -0.05) is 48.2 Å². The molecule has 0 aliphatic rings. The van der Waals surface area contributed by atoms with Crippen molar-refractivity contribution in [1.82, 2.24) is 14.8 Å². The average molecular weight is 401 g/mol. The summed E-state index contributed by atoms with van der Waals surface area (Å²) in [5.74, 6) is 0.175. The van der Waals surface area contributed by atoms with Crippen molar-refractivity contribution in [1.29, 1.82) is 0 Å². The lowest BCUT2D eigenvalue weighted by Gasteiger charge is -2.22. The van der Waals surface area contributed by atoms with E-state index in [4.69, 9.17) is 4.74 Å². The Morgan fingerprint density at radius 3 is 2.82 bits per heavy atom. The van der Waals surface area contributed by atoms with Crippen LogP contribution in [-0.2, 0) is 16.1 Å². The van der Waals surface area contributed by atoms with Crippen LogP contribution < -0.4 is 10.6 Å². The number of nitrogens with zero attached hydrogens (tertiary/aromatic N) is 3. The van der Waals surface area contributed by atoms with E-state index in [1.54, 1.807) is 16.6 Å². The van der Waals surface area contributed by atoms with Crippen molar-refractivity contribution in [3.05, 3.63) is 52.9 Å². The van der Waals surface area contributed by atoms with Crippen molar-refractivity contribution < 1.29 is 9.53 Å². The summed E-state index contributed by atoms with van der Waals surface area (Å²) in [6.07, 6.45) is 0.703. The second-order valence-corrected chi connectivity index (χ2v) is 7.18. The predicted molar refractivity (Wildman–Crippen MR) is 112 cm³/mol. The number of hydrogen-bond donors (Lipinski definition) is 1. The van der Waals surface area contributed by atoms with E-state index in [1.807, 2.05) is 49.4 Å². The highest BCUT2D eigenvalue weighted by Gasteiger charge is 2.18. The molecule has 3 aromatic rings. The molecule has 8 heteroatoms. The molecule has 0 bridgehead atoms. The fourth-order valence-electron chi connectivity index (χ4n) is 3.11. The first-order chi connectivity index (χ1) is 13.7. The number of carbonyl (C=O) groups excluding carboxylic acids is 1. The zero-order valence-corrected chi connectivity index (χ0v) is 16.9. The Kier molecular flexibility index (Phi) is 6.89. The zero-order chi connectivity index (χ0) is 19.9. The van der Waals surface area contributed by atoms with Crippen molar-refractivity contribution in [2.75, 3.05) is 30.9 Å². The number of carbonyl (C=O) groups is 1. The van der Waals surface area contributed by atoms with Gasteiger partial charge in [0, 0.05) is 32.2 Å². The van der Waals surface area contributed by atoms with E-state index >= 15 is 0 Å². The van der Waals surface area contributed by atoms with E-state index < -0.39 is 0 Å². The third kappa shape index (κ3) is 4.45. The molecule has 0 unspecified atom stereocenters. The van der Waals surface area contributed by atoms with Gasteiger partial charge in [0.15, 0.2) is 5.16 Å². The van der Waals surface area contributed by atoms with Crippen LogP contribution in [0, 0.1) is 0 Å². The van der Waals surface area contributed by atoms with E-state index in [-0.39, 0.29) is 17.3 Å². The van der Waals surface area contributed by atoms with Crippen LogP contribution in [-0.4, -0.2) is 46.7 Å². The molecular formula is C20H24N4O3S. The molecule has 148 valence electrons. The van der Waals surface area contributed by atoms with Crippen LogP contribution in [0.1, 0.15) is 13.3 Å². The number of benzene rings is 2. The Balaban J connectivity index is 1.74. The number of thioether (sulfide) groups is 1. The molecule has 3 rings (SSSR count). The van der Waals surface area contributed by atoms with Gasteiger partial charge in [0.2, 0.25) is 5.91 Å². The topological polar surface area (TPSA) is 80.2 Å². The van der Waals surface area contributed by atoms with Crippen LogP contribution >= 0.6 is 11.8 Å². The second-order valence-electron chi connectivity index (χ2n) is 6.23. The molecule has 0 fully saturated rings. The molecule has 0 spiro atoms. The molecule has 0 atom stereocenters. The van der Waals surface area contributed by atoms with Gasteiger partial charge in [0.25, 0.3) is 0 Å². The number of rotatable bonds is 9. The number of fused-ring (bicyclic) bond motifs is 1. The molecular weight excluding hydrogens is 376 g/mol. The Bertz CT molecular complexity index is 993. The van der Waals surface area contributed by atoms with Gasteiger partial charge in [-0.15, -0.1) is 5.10 Å². The maximum Gasteiger partial charge on any atom is 0.343 e. The van der Waals surface area contributed by atoms with Gasteiger partial charge in [-0.3, -0.25) is 9.36 Å². The van der Waals surface area contributed by atoms with Crippen LogP contribution in [0.5, 0.6) is 0 Å². The Morgan fingerprint density at radius 2 is 2.04 bits per heavy atom. The number of H-pyrrole nitrogens is 1. The zero-order valence-electron chi connectivity index (χ0n) is 16.1. The predicted octanol–water partition coefficient (Wildman–Crippen LogP) is 2.91. The monoisotopic (exact) mass is 400 g/mol. The lowest BCUT2D eigenvalue weighted by atomic mass is 10.1. The Labute approximate surface area is 167 Å². The molecule has 7 nitrogen and oxygen atoms in total. The maximum absolute atomic E-state index is 12.9. The van der Waals surface area contributed by atoms with Crippen molar-refractivity contribution in [2.24, 2.45) is 0 Å². The number of hydrogen-bond acceptors (Lipinski definition) is 5. The van der Waals surface area contributed by atoms with Crippen LogP contribution in [0.25, 0.3) is 10.8 Å². The summed E-state index contributed by atoms with van der Waals surface area (Å²) in [5, 5.41) is 9.16. The van der Waals surface area contributed by atoms with Crippen molar-refractivity contribution in [3.63, 3.8) is 0 Å². The number of methoxy groups -OCH3 is 1. The normalized spacial score (nSPS) is 11.1. The van der Waals surface area contributed by atoms with E-state index in [0.29, 0.717) is 31.3 Å². The van der Waals surface area contributed by atoms with E-state index in [9.17, 15) is 9.59 Å². The molecule has 28 heavy (non-hydrogen) atoms. The Hall–Kier alpha value is -2.58. The lowest BCUT2D eigenvalue weighted by Crippen LogP contribution is -2.32. The fraction of sp³-hybridized carbons (Fsp3) is 0.350. The van der Waals surface area contributed by atoms with Crippen LogP contribution in [0.2, 0.25) is 0 Å². The molecule has 0 saturated carbocycles. The summed E-state index contributed by atoms with van der Waals surface area (Å²) in [7, 11) is 1.62. The van der Waals surface area contributed by atoms with Gasteiger partial charge < -0.3 is 9.64 Å². The van der Waals surface area contributed by atoms with E-state index in [1.165, 1.54) is 11.8 Å². The van der Waals surface area contributed by atoms with Gasteiger partial charge in [0.05, 0.1) is 11.4 Å². The van der Waals surface area contributed by atoms with E-state index in [2.05, 4.69) is 10.2 Å². The van der Waals surface area contributed by atoms with Gasteiger partial charge in [-0.2, -0.15) is 0 Å². The number of ether oxygens (including phenoxy) is 1. The molecule has 1 amide bonds. The summed E-state index contributed by atoms with van der Waals surface area (Å²) in [6, 6.07) is 14.0. The largest absolute Gasteiger partial charge is 0.385 e. The van der Waals surface area contributed by atoms with Gasteiger partial charge in [0.1, 0.15) is 0 Å². The molecule has 0 saturated heterocycles. The number of aromatic nitrogens is 3. The number of aromatic amines is 1. The third-order valence-corrected chi connectivity index (χ3v) is 5.41. The van der Waals surface area contributed by atoms with Crippen molar-refractivity contribution >= 4 is 34.1 Å². The highest BCUT2D eigenvalue weighted by molar-refractivity contribution is 7.99. The van der Waals surface area contributed by atoms with Gasteiger partial charge in [-0.25, -0.2) is 9.89 Å². The molecule has 0 aliphatic heterocycles. The minimum Gasteiger partial charge on any atom is -0.385 e. The standard InChI is InChI=1S/C20H24N4O3S/c1-3-23(17-11-6-9-15-8-4-5-10-16(15)17)18(25)14-28-20-22-21-19(26)24(20)12-7-13-27-2/h4-6,8-11H,3,7,12-14H2,1-2H3,(H,21,26). The minimum atomic E-state index is -0.271. The SMILES string of the molecule is CCN(C(=O)CSc1n[nH]c(=O)n1CCCOC)c1cccc2ccccc12. The van der Waals surface area contributed by atoms with Gasteiger partial charge in [-0.05, 0) is 24.8 Å². The number of nitrogens with one attached hydrogen (secondary N) is 1. The molecule has 1 aromatic heterocycles. The first kappa shape index (κ1) is 20.2. The minimum absolute atomic E-state index is 0.0252. The van der Waals surface area contributed by atoms with E-state index in [0.717, 1.165) is 16.5 Å². The van der Waals surface area contributed by atoms with Crippen molar-refractivity contribution in [2.45, 2.75) is 25.0 Å². The maximum atomic E-state index is 12.9. The number of amides is 1. The molecule has 0 aliphatic carbocycles. The highest BCUT2D eigenvalue weighted by Crippen LogP contribution is 2.27. The summed E-state index contributed by atoms with van der Waals surface area (Å²) >= 11 is 1.27. The smallest absolute Gasteiger partial charge is 0.343 e. The lowest BCUT2D eigenvalue weighted by molar-refractivity contribution is -0.116. The van der Waals surface area contributed by atoms with Gasteiger partial charge >= 0.3 is 5.69 Å². The molecule has 1 heterocycles. The van der Waals surface area contributed by atoms with Crippen LogP contribution in [0.4, 0.5) is 5.69 Å². The summed E-state index contributed by atoms with van der Waals surface area (Å²) in [6.45, 7) is 3.58. The fourth-order valence-corrected chi connectivity index (χ4v) is 3.96. The summed E-state index contributed by atoms with van der Waals surface area (Å²) in [4.78, 5) is 26.6. The molecule has 2 aromatic carbocycles. The quantitative estimate of drug-likeness (QED) is 0.441. The summed E-state index contributed by atoms with van der Waals surface area (Å²) < 4.78 is 6.58. The third-order valence-electron chi connectivity index (χ3n) is 4.45. The van der Waals surface area contributed by atoms with Crippen molar-refractivity contribution in [3.8, 4) is 0 Å². The Morgan fingerprint density at radius 1 is 1.25 bits per heavy atom. The molecule has 0 radical (unpaired) electrons. The number of anilines is 1. The first-order valence-corrected chi connectivity index (χ1v) is 10.2. The van der Waals surface area contributed by atoms with Crippen LogP contribution in [0.3, 0.4) is 0 Å². The van der Waals surface area contributed by atoms with Crippen LogP contribution in [0.15, 0.2) is 52.4 Å². The molecule has 1 N–H and O–H groups in total. The average Bonchev–Trinajstić information content (AvgIpc) is 3.07. The second kappa shape index (κ2) is 9.57.